The standard InChI is InChI=1S/C25H34N4O7/c26-13-4-3-9-17(27-22(31)15-7-5-8-15)23(32)28-18(24(33)34)11-12-21(30)29-19-10-2-1-6-16(19)14-20(29)25(35)36/h1-2,6,10,15,17-18,20H,3-5,7-9,11-14,26H2,(H,27,31)(H,28,32)(H,33,34)(H,35,36)/t17-,18+,20-/m0/s1. The molecule has 36 heavy (non-hydrogen) atoms. The summed E-state index contributed by atoms with van der Waals surface area (Å²) in [6, 6.07) is 3.53. The molecule has 1 saturated carbocycles. The van der Waals surface area contributed by atoms with Gasteiger partial charge in [-0.1, -0.05) is 24.6 Å². The smallest absolute Gasteiger partial charge is 0.327 e. The molecule has 0 spiro atoms. The van der Waals surface area contributed by atoms with E-state index >= 15 is 0 Å². The fourth-order valence-corrected chi connectivity index (χ4v) is 4.53. The minimum Gasteiger partial charge on any atom is -0.480 e. The predicted octanol–water partition coefficient (Wildman–Crippen LogP) is 0.792. The number of nitrogens with one attached hydrogen (secondary N) is 2. The fraction of sp³-hybridized carbons (Fsp3) is 0.560. The van der Waals surface area contributed by atoms with Gasteiger partial charge in [-0.25, -0.2) is 9.59 Å². The third-order valence-corrected chi connectivity index (χ3v) is 6.85. The topological polar surface area (TPSA) is 179 Å². The molecular weight excluding hydrogens is 468 g/mol. The maximum Gasteiger partial charge on any atom is 0.327 e. The molecule has 1 heterocycles. The van der Waals surface area contributed by atoms with Crippen LogP contribution in [0.15, 0.2) is 24.3 Å². The average Bonchev–Trinajstić information content (AvgIpc) is 3.19. The van der Waals surface area contributed by atoms with Gasteiger partial charge in [0.15, 0.2) is 0 Å². The lowest BCUT2D eigenvalue weighted by molar-refractivity contribution is -0.143. The number of benzene rings is 1. The molecule has 1 aromatic rings. The van der Waals surface area contributed by atoms with Crippen molar-refractivity contribution < 1.29 is 34.2 Å². The number of carboxylic acids is 2. The van der Waals surface area contributed by atoms with Crippen molar-refractivity contribution in [2.45, 2.75) is 75.9 Å². The molecule has 0 saturated heterocycles. The quantitative estimate of drug-likeness (QED) is 0.246. The third-order valence-electron chi connectivity index (χ3n) is 6.85. The molecule has 3 amide bonds. The summed E-state index contributed by atoms with van der Waals surface area (Å²) in [4.78, 5) is 63.1. The van der Waals surface area contributed by atoms with Gasteiger partial charge in [0.25, 0.3) is 0 Å². The fourth-order valence-electron chi connectivity index (χ4n) is 4.53. The summed E-state index contributed by atoms with van der Waals surface area (Å²) in [5, 5.41) is 24.4. The van der Waals surface area contributed by atoms with Gasteiger partial charge in [-0.2, -0.15) is 0 Å². The summed E-state index contributed by atoms with van der Waals surface area (Å²) in [7, 11) is 0. The largest absolute Gasteiger partial charge is 0.480 e. The van der Waals surface area contributed by atoms with E-state index < -0.39 is 41.9 Å². The van der Waals surface area contributed by atoms with Gasteiger partial charge < -0.3 is 26.6 Å². The number of carbonyl (C=O) groups excluding carboxylic acids is 3. The van der Waals surface area contributed by atoms with Crippen molar-refractivity contribution in [2.24, 2.45) is 11.7 Å². The molecule has 0 aromatic heterocycles. The first-order valence-electron chi connectivity index (χ1n) is 12.4. The highest BCUT2D eigenvalue weighted by Crippen LogP contribution is 2.33. The van der Waals surface area contributed by atoms with E-state index in [9.17, 15) is 34.2 Å². The Morgan fingerprint density at radius 1 is 1.00 bits per heavy atom. The van der Waals surface area contributed by atoms with Gasteiger partial charge in [0.05, 0.1) is 0 Å². The first kappa shape index (κ1) is 27.1. The van der Waals surface area contributed by atoms with Gasteiger partial charge in [-0.3, -0.25) is 19.3 Å². The van der Waals surface area contributed by atoms with Crippen LogP contribution in [-0.4, -0.2) is 64.5 Å². The molecule has 0 radical (unpaired) electrons. The molecule has 3 rings (SSSR count). The second-order valence-electron chi connectivity index (χ2n) is 9.36. The zero-order valence-corrected chi connectivity index (χ0v) is 20.2. The molecule has 11 heteroatoms. The number of amides is 3. The van der Waals surface area contributed by atoms with Crippen molar-refractivity contribution in [1.29, 1.82) is 0 Å². The van der Waals surface area contributed by atoms with E-state index in [-0.39, 0.29) is 31.1 Å². The van der Waals surface area contributed by atoms with Crippen LogP contribution in [0.5, 0.6) is 0 Å². The van der Waals surface area contributed by atoms with E-state index in [4.69, 9.17) is 5.73 Å². The van der Waals surface area contributed by atoms with Crippen molar-refractivity contribution in [3.8, 4) is 0 Å². The minimum absolute atomic E-state index is 0.131. The Hall–Kier alpha value is -3.47. The number of anilines is 1. The molecule has 11 nitrogen and oxygen atoms in total. The molecule has 0 bridgehead atoms. The molecule has 1 aromatic carbocycles. The lowest BCUT2D eigenvalue weighted by Crippen LogP contribution is -2.53. The molecule has 196 valence electrons. The van der Waals surface area contributed by atoms with E-state index in [1.165, 1.54) is 4.90 Å². The zero-order chi connectivity index (χ0) is 26.2. The first-order valence-corrected chi connectivity index (χ1v) is 12.4. The normalized spacial score (nSPS) is 18.5. The van der Waals surface area contributed by atoms with Gasteiger partial charge in [0.2, 0.25) is 17.7 Å². The summed E-state index contributed by atoms with van der Waals surface area (Å²) < 4.78 is 0. The molecular formula is C25H34N4O7. The summed E-state index contributed by atoms with van der Waals surface area (Å²) in [5.41, 5.74) is 6.75. The van der Waals surface area contributed by atoms with Crippen LogP contribution >= 0.6 is 0 Å². The number of carboxylic acid groups (broad SMARTS) is 2. The van der Waals surface area contributed by atoms with Crippen molar-refractivity contribution >= 4 is 35.3 Å². The van der Waals surface area contributed by atoms with Gasteiger partial charge in [-0.15, -0.1) is 0 Å². The highest BCUT2D eigenvalue weighted by molar-refractivity contribution is 6.02. The number of nitrogens with two attached hydrogens (primary N) is 1. The van der Waals surface area contributed by atoms with Crippen molar-refractivity contribution in [3.63, 3.8) is 0 Å². The van der Waals surface area contributed by atoms with E-state index in [0.29, 0.717) is 31.5 Å². The van der Waals surface area contributed by atoms with Gasteiger partial charge >= 0.3 is 11.9 Å². The van der Waals surface area contributed by atoms with Crippen LogP contribution in [0.2, 0.25) is 0 Å². The van der Waals surface area contributed by atoms with Crippen LogP contribution < -0.4 is 21.3 Å². The molecule has 3 atom stereocenters. The number of nitrogens with zero attached hydrogens (tertiary/aromatic N) is 1. The number of unbranched alkanes of at least 4 members (excludes halogenated alkanes) is 1. The van der Waals surface area contributed by atoms with Crippen molar-refractivity contribution in [1.82, 2.24) is 10.6 Å². The van der Waals surface area contributed by atoms with Crippen molar-refractivity contribution in [2.75, 3.05) is 11.4 Å². The monoisotopic (exact) mass is 502 g/mol. The average molecular weight is 503 g/mol. The lowest BCUT2D eigenvalue weighted by Gasteiger charge is -2.28. The molecule has 1 aliphatic carbocycles. The first-order chi connectivity index (χ1) is 17.2. The lowest BCUT2D eigenvalue weighted by atomic mass is 9.84. The summed E-state index contributed by atoms with van der Waals surface area (Å²) in [5.74, 6) is -3.99. The number of rotatable bonds is 13. The summed E-state index contributed by atoms with van der Waals surface area (Å²) in [6.45, 7) is 0.432. The number of para-hydroxylation sites is 1. The second kappa shape index (κ2) is 12.5. The van der Waals surface area contributed by atoms with Gasteiger partial charge in [-0.05, 0) is 56.7 Å². The maximum atomic E-state index is 13.0. The van der Waals surface area contributed by atoms with Crippen LogP contribution in [-0.2, 0) is 30.4 Å². The Morgan fingerprint density at radius 2 is 1.72 bits per heavy atom. The van der Waals surface area contributed by atoms with Crippen molar-refractivity contribution in [3.05, 3.63) is 29.8 Å². The Labute approximate surface area is 209 Å². The molecule has 6 N–H and O–H groups in total. The highest BCUT2D eigenvalue weighted by atomic mass is 16.4. The second-order valence-corrected chi connectivity index (χ2v) is 9.36. The van der Waals surface area contributed by atoms with E-state index in [1.807, 2.05) is 0 Å². The Bertz CT molecular complexity index is 994. The Balaban J connectivity index is 1.64. The zero-order valence-electron chi connectivity index (χ0n) is 20.2. The third kappa shape index (κ3) is 6.60. The maximum absolute atomic E-state index is 13.0. The minimum atomic E-state index is -1.37. The Kier molecular flexibility index (Phi) is 9.40. The van der Waals surface area contributed by atoms with E-state index in [2.05, 4.69) is 10.6 Å². The van der Waals surface area contributed by atoms with Gasteiger partial charge in [0.1, 0.15) is 18.1 Å². The number of hydrogen-bond donors (Lipinski definition) is 5. The molecule has 2 aliphatic rings. The summed E-state index contributed by atoms with van der Waals surface area (Å²) >= 11 is 0. The SMILES string of the molecule is NCCCC[C@H](NC(=O)C1CCC1)C(=O)N[C@H](CCC(=O)N1c2ccccc2C[C@H]1C(=O)O)C(=O)O. The predicted molar refractivity (Wildman–Crippen MR) is 130 cm³/mol. The van der Waals surface area contributed by atoms with Crippen LogP contribution in [0.1, 0.15) is 56.9 Å². The molecule has 1 fully saturated rings. The number of carbonyl (C=O) groups is 5. The van der Waals surface area contributed by atoms with Gasteiger partial charge in [0, 0.05) is 24.4 Å². The van der Waals surface area contributed by atoms with Crippen LogP contribution in [0.4, 0.5) is 5.69 Å². The summed E-state index contributed by atoms with van der Waals surface area (Å²) in [6.07, 6.45) is 3.71. The Morgan fingerprint density at radius 3 is 2.33 bits per heavy atom. The number of fused-ring (bicyclic) bond motifs is 1. The number of hydrogen-bond acceptors (Lipinski definition) is 6. The highest BCUT2D eigenvalue weighted by Gasteiger charge is 2.38. The van der Waals surface area contributed by atoms with Crippen LogP contribution in [0, 0.1) is 5.92 Å². The number of aliphatic carboxylic acids is 2. The molecule has 1 aliphatic heterocycles. The van der Waals surface area contributed by atoms with Crippen LogP contribution in [0.3, 0.4) is 0 Å². The van der Waals surface area contributed by atoms with Crippen LogP contribution in [0.25, 0.3) is 0 Å². The van der Waals surface area contributed by atoms with E-state index in [0.717, 1.165) is 24.8 Å². The molecule has 0 unspecified atom stereocenters. The van der Waals surface area contributed by atoms with E-state index in [1.54, 1.807) is 24.3 Å².